The molecule has 0 bridgehead atoms. The third kappa shape index (κ3) is 4.18. The van der Waals surface area contributed by atoms with Crippen LogP contribution in [0.3, 0.4) is 0 Å². The summed E-state index contributed by atoms with van der Waals surface area (Å²) < 4.78 is 11.9. The third-order valence-corrected chi connectivity index (χ3v) is 4.70. The van der Waals surface area contributed by atoms with Crippen LogP contribution in [0.2, 0.25) is 5.15 Å². The van der Waals surface area contributed by atoms with Gasteiger partial charge < -0.3 is 14.4 Å². The highest BCUT2D eigenvalue weighted by atomic mass is 35.5. The number of carbonyl (C=O) groups excluding carboxylic acids is 2. The van der Waals surface area contributed by atoms with Crippen LogP contribution in [0, 0.1) is 0 Å². The Morgan fingerprint density at radius 2 is 2.00 bits per heavy atom. The Kier molecular flexibility index (Phi) is 5.33. The van der Waals surface area contributed by atoms with Gasteiger partial charge in [0.25, 0.3) is 0 Å². The lowest BCUT2D eigenvalue weighted by Gasteiger charge is -2.34. The zero-order valence-electron chi connectivity index (χ0n) is 16.0. The molecule has 1 amide bonds. The van der Waals surface area contributed by atoms with Gasteiger partial charge in [-0.25, -0.2) is 19.1 Å². The predicted molar refractivity (Wildman–Crippen MR) is 102 cm³/mol. The molecule has 146 valence electrons. The van der Waals surface area contributed by atoms with E-state index in [1.54, 1.807) is 11.0 Å². The summed E-state index contributed by atoms with van der Waals surface area (Å²) in [5.74, 6) is -0.0293. The lowest BCUT2D eigenvalue weighted by Crippen LogP contribution is -2.42. The van der Waals surface area contributed by atoms with E-state index in [0.29, 0.717) is 23.9 Å². The van der Waals surface area contributed by atoms with Crippen LogP contribution in [0.4, 0.5) is 9.59 Å². The smallest absolute Gasteiger partial charge is 0.419 e. The molecule has 1 saturated heterocycles. The van der Waals surface area contributed by atoms with E-state index in [1.807, 2.05) is 32.9 Å². The number of amides is 1. The van der Waals surface area contributed by atoms with Crippen molar-refractivity contribution in [1.29, 1.82) is 0 Å². The zero-order chi connectivity index (χ0) is 19.8. The molecule has 3 heterocycles. The van der Waals surface area contributed by atoms with Gasteiger partial charge in [0.05, 0.1) is 7.11 Å². The molecule has 1 atom stereocenters. The van der Waals surface area contributed by atoms with E-state index in [9.17, 15) is 9.59 Å². The van der Waals surface area contributed by atoms with Crippen molar-refractivity contribution in [1.82, 2.24) is 14.5 Å². The standard InChI is InChI=1S/C19H24ClN3O4/c1-19(2,3)27-17(24)22-9-5-6-13(11-22)14-10-12-7-8-15(20)21-16(12)23(14)18(25)26-4/h7-8,10,13H,5-6,9,11H2,1-4H3. The maximum atomic E-state index is 12.5. The summed E-state index contributed by atoms with van der Waals surface area (Å²) in [6.07, 6.45) is 0.805. The largest absolute Gasteiger partial charge is 0.452 e. The monoisotopic (exact) mass is 393 g/mol. The number of aromatic nitrogens is 2. The predicted octanol–water partition coefficient (Wildman–Crippen LogP) is 4.42. The number of ether oxygens (including phenoxy) is 2. The fourth-order valence-electron chi connectivity index (χ4n) is 3.37. The molecule has 0 saturated carbocycles. The van der Waals surface area contributed by atoms with E-state index in [4.69, 9.17) is 21.1 Å². The molecule has 1 aliphatic rings. The minimum absolute atomic E-state index is 0.0293. The molecule has 3 rings (SSSR count). The van der Waals surface area contributed by atoms with Gasteiger partial charge in [-0.05, 0) is 51.8 Å². The fraction of sp³-hybridized carbons (Fsp3) is 0.526. The molecule has 27 heavy (non-hydrogen) atoms. The van der Waals surface area contributed by atoms with Crippen LogP contribution < -0.4 is 0 Å². The molecular weight excluding hydrogens is 370 g/mol. The minimum atomic E-state index is -0.550. The maximum absolute atomic E-state index is 12.5. The summed E-state index contributed by atoms with van der Waals surface area (Å²) in [5.41, 5.74) is 0.671. The summed E-state index contributed by atoms with van der Waals surface area (Å²) in [7, 11) is 1.33. The van der Waals surface area contributed by atoms with Crippen LogP contribution in [-0.4, -0.2) is 52.4 Å². The van der Waals surface area contributed by atoms with Gasteiger partial charge in [-0.3, -0.25) is 0 Å². The van der Waals surface area contributed by atoms with Gasteiger partial charge in [0.1, 0.15) is 10.8 Å². The number of fused-ring (bicyclic) bond motifs is 1. The van der Waals surface area contributed by atoms with Crippen molar-refractivity contribution in [3.05, 3.63) is 29.0 Å². The third-order valence-electron chi connectivity index (χ3n) is 4.49. The second-order valence-electron chi connectivity index (χ2n) is 7.69. The average molecular weight is 394 g/mol. The molecule has 1 fully saturated rings. The Hall–Kier alpha value is -2.28. The Morgan fingerprint density at radius 1 is 1.26 bits per heavy atom. The van der Waals surface area contributed by atoms with Gasteiger partial charge in [0, 0.05) is 30.1 Å². The van der Waals surface area contributed by atoms with Crippen LogP contribution in [0.5, 0.6) is 0 Å². The van der Waals surface area contributed by atoms with E-state index in [-0.39, 0.29) is 12.0 Å². The molecule has 0 radical (unpaired) electrons. The number of likely N-dealkylation sites (tertiary alicyclic amines) is 1. The second kappa shape index (κ2) is 7.38. The summed E-state index contributed by atoms with van der Waals surface area (Å²) >= 11 is 6.01. The number of halogens is 1. The summed E-state index contributed by atoms with van der Waals surface area (Å²) in [6.45, 7) is 6.63. The van der Waals surface area contributed by atoms with Crippen LogP contribution >= 0.6 is 11.6 Å². The number of rotatable bonds is 1. The van der Waals surface area contributed by atoms with Gasteiger partial charge in [0.2, 0.25) is 0 Å². The first-order valence-electron chi connectivity index (χ1n) is 8.94. The SMILES string of the molecule is COC(=O)n1c(C2CCCN(C(=O)OC(C)(C)C)C2)cc2ccc(Cl)nc21. The van der Waals surface area contributed by atoms with Crippen molar-refractivity contribution in [3.63, 3.8) is 0 Å². The normalized spacial score (nSPS) is 17.8. The van der Waals surface area contributed by atoms with E-state index in [0.717, 1.165) is 23.9 Å². The Morgan fingerprint density at radius 3 is 2.67 bits per heavy atom. The number of hydrogen-bond acceptors (Lipinski definition) is 5. The van der Waals surface area contributed by atoms with Crippen LogP contribution in [0.15, 0.2) is 18.2 Å². The van der Waals surface area contributed by atoms with Crippen molar-refractivity contribution in [2.24, 2.45) is 0 Å². The van der Waals surface area contributed by atoms with Crippen LogP contribution in [0.1, 0.15) is 45.2 Å². The lowest BCUT2D eigenvalue weighted by molar-refractivity contribution is 0.0196. The molecule has 0 aromatic carbocycles. The lowest BCUT2D eigenvalue weighted by atomic mass is 9.95. The van der Waals surface area contributed by atoms with Crippen molar-refractivity contribution in [2.45, 2.75) is 45.1 Å². The fourth-order valence-corrected chi connectivity index (χ4v) is 3.51. The topological polar surface area (TPSA) is 73.7 Å². The Balaban J connectivity index is 1.94. The van der Waals surface area contributed by atoms with Gasteiger partial charge in [-0.1, -0.05) is 11.6 Å². The molecule has 2 aromatic rings. The van der Waals surface area contributed by atoms with E-state index >= 15 is 0 Å². The first-order chi connectivity index (χ1) is 12.7. The van der Waals surface area contributed by atoms with Gasteiger partial charge >= 0.3 is 12.2 Å². The molecule has 1 unspecified atom stereocenters. The number of pyridine rings is 1. The average Bonchev–Trinajstić information content (AvgIpc) is 2.98. The number of piperidine rings is 1. The van der Waals surface area contributed by atoms with Crippen molar-refractivity contribution >= 4 is 34.8 Å². The molecule has 1 aliphatic heterocycles. The minimum Gasteiger partial charge on any atom is -0.452 e. The summed E-state index contributed by atoms with van der Waals surface area (Å²) in [4.78, 5) is 30.9. The highest BCUT2D eigenvalue weighted by molar-refractivity contribution is 6.29. The van der Waals surface area contributed by atoms with E-state index in [2.05, 4.69) is 4.98 Å². The van der Waals surface area contributed by atoms with Gasteiger partial charge in [-0.2, -0.15) is 0 Å². The number of nitrogens with zero attached hydrogens (tertiary/aromatic N) is 3. The molecule has 2 aromatic heterocycles. The Bertz CT molecular complexity index is 872. The number of carbonyl (C=O) groups is 2. The summed E-state index contributed by atoms with van der Waals surface area (Å²) in [6, 6.07) is 5.42. The van der Waals surface area contributed by atoms with E-state index < -0.39 is 11.7 Å². The van der Waals surface area contributed by atoms with Crippen LogP contribution in [-0.2, 0) is 9.47 Å². The molecule has 0 aliphatic carbocycles. The number of hydrogen-bond donors (Lipinski definition) is 0. The molecule has 0 N–H and O–H groups in total. The first-order valence-corrected chi connectivity index (χ1v) is 9.31. The summed E-state index contributed by atoms with van der Waals surface area (Å²) in [5, 5.41) is 1.10. The molecule has 8 heteroatoms. The van der Waals surface area contributed by atoms with Gasteiger partial charge in [0.15, 0.2) is 5.65 Å². The zero-order valence-corrected chi connectivity index (χ0v) is 16.7. The van der Waals surface area contributed by atoms with Crippen LogP contribution in [0.25, 0.3) is 11.0 Å². The highest BCUT2D eigenvalue weighted by Crippen LogP contribution is 2.32. The Labute approximate surface area is 163 Å². The van der Waals surface area contributed by atoms with Crippen molar-refractivity contribution < 1.29 is 19.1 Å². The number of methoxy groups -OCH3 is 1. The molecule has 7 nitrogen and oxygen atoms in total. The first kappa shape index (κ1) is 19.5. The molecule has 0 spiro atoms. The quantitative estimate of drug-likeness (QED) is 0.670. The van der Waals surface area contributed by atoms with Gasteiger partial charge in [-0.15, -0.1) is 0 Å². The maximum Gasteiger partial charge on any atom is 0.419 e. The molecular formula is C19H24ClN3O4. The second-order valence-corrected chi connectivity index (χ2v) is 8.07. The highest BCUT2D eigenvalue weighted by Gasteiger charge is 2.31. The van der Waals surface area contributed by atoms with Crippen molar-refractivity contribution in [2.75, 3.05) is 20.2 Å². The van der Waals surface area contributed by atoms with Crippen molar-refractivity contribution in [3.8, 4) is 0 Å². The van der Waals surface area contributed by atoms with E-state index in [1.165, 1.54) is 11.7 Å².